The van der Waals surface area contributed by atoms with E-state index in [2.05, 4.69) is 10.1 Å². The van der Waals surface area contributed by atoms with Gasteiger partial charge in [0.25, 0.3) is 0 Å². The van der Waals surface area contributed by atoms with Crippen molar-refractivity contribution in [2.45, 2.75) is 11.9 Å². The molecule has 1 heterocycles. The van der Waals surface area contributed by atoms with Crippen LogP contribution in [0.15, 0.2) is 17.5 Å². The highest BCUT2D eigenvalue weighted by Gasteiger charge is 2.15. The molecular weight excluding hydrogens is 274 g/mol. The normalized spacial score (nSPS) is 11.9. The maximum atomic E-state index is 11.4. The summed E-state index contributed by atoms with van der Waals surface area (Å²) < 4.78 is 4.33. The van der Waals surface area contributed by atoms with Crippen LogP contribution in [-0.2, 0) is 20.1 Å². The molecule has 7 heteroatoms. The third-order valence-corrected chi connectivity index (χ3v) is 4.06. The van der Waals surface area contributed by atoms with Crippen molar-refractivity contribution in [3.63, 3.8) is 0 Å². The first-order valence-electron chi connectivity index (χ1n) is 5.26. The highest BCUT2D eigenvalue weighted by atomic mass is 32.2. The lowest BCUT2D eigenvalue weighted by Crippen LogP contribution is -2.37. The number of ether oxygens (including phenoxy) is 1. The third kappa shape index (κ3) is 5.52. The molecule has 0 aliphatic heterocycles. The van der Waals surface area contributed by atoms with Crippen LogP contribution >= 0.6 is 23.1 Å². The fraction of sp³-hybridized carbons (Fsp3) is 0.455. The molecule has 0 radical (unpaired) electrons. The van der Waals surface area contributed by atoms with Crippen LogP contribution in [-0.4, -0.2) is 42.5 Å². The van der Waals surface area contributed by atoms with E-state index in [1.807, 2.05) is 17.5 Å². The first-order valence-corrected chi connectivity index (χ1v) is 7.29. The monoisotopic (exact) mass is 289 g/mol. The Morgan fingerprint density at radius 3 is 3.00 bits per heavy atom. The van der Waals surface area contributed by atoms with Gasteiger partial charge in [0, 0.05) is 10.6 Å². The molecule has 0 spiro atoms. The van der Waals surface area contributed by atoms with Crippen LogP contribution in [0.2, 0.25) is 0 Å². The highest BCUT2D eigenvalue weighted by molar-refractivity contribution is 7.99. The second kappa shape index (κ2) is 8.12. The number of hydrogen-bond donors (Lipinski definition) is 2. The molecule has 5 nitrogen and oxygen atoms in total. The van der Waals surface area contributed by atoms with Crippen molar-refractivity contribution < 1.29 is 19.4 Å². The van der Waals surface area contributed by atoms with Crippen LogP contribution in [0.1, 0.15) is 4.88 Å². The maximum absolute atomic E-state index is 11.4. The van der Waals surface area contributed by atoms with Crippen LogP contribution in [0, 0.1) is 0 Å². The lowest BCUT2D eigenvalue weighted by atomic mass is 10.3. The van der Waals surface area contributed by atoms with E-state index in [-0.39, 0.29) is 12.5 Å². The molecule has 1 unspecified atom stereocenters. The molecule has 0 saturated carbocycles. The molecule has 1 amide bonds. The highest BCUT2D eigenvalue weighted by Crippen LogP contribution is 2.16. The SMILES string of the molecule is COC(=O)C(O)CNC(=O)CSCc1cccs1. The molecular formula is C11H15NO4S2. The zero-order chi connectivity index (χ0) is 13.4. The Balaban J connectivity index is 2.12. The summed E-state index contributed by atoms with van der Waals surface area (Å²) in [6, 6.07) is 3.98. The van der Waals surface area contributed by atoms with Gasteiger partial charge in [-0.1, -0.05) is 6.07 Å². The molecule has 0 aliphatic carbocycles. The fourth-order valence-electron chi connectivity index (χ4n) is 1.12. The number of thiophene rings is 1. The van der Waals surface area contributed by atoms with Gasteiger partial charge in [-0.3, -0.25) is 4.79 Å². The van der Waals surface area contributed by atoms with E-state index in [9.17, 15) is 14.7 Å². The van der Waals surface area contributed by atoms with Crippen molar-refractivity contribution in [1.29, 1.82) is 0 Å². The van der Waals surface area contributed by atoms with Crippen molar-refractivity contribution in [3.8, 4) is 0 Å². The van der Waals surface area contributed by atoms with E-state index in [1.54, 1.807) is 11.3 Å². The summed E-state index contributed by atoms with van der Waals surface area (Å²) in [4.78, 5) is 23.5. The van der Waals surface area contributed by atoms with E-state index >= 15 is 0 Å². The molecule has 100 valence electrons. The second-order valence-electron chi connectivity index (χ2n) is 3.42. The van der Waals surface area contributed by atoms with E-state index in [0.717, 1.165) is 5.75 Å². The van der Waals surface area contributed by atoms with Crippen molar-refractivity contribution in [3.05, 3.63) is 22.4 Å². The summed E-state index contributed by atoms with van der Waals surface area (Å²) in [5.74, 6) is 0.122. The minimum Gasteiger partial charge on any atom is -0.467 e. The average Bonchev–Trinajstić information content (AvgIpc) is 2.88. The molecule has 0 aromatic carbocycles. The number of amides is 1. The Morgan fingerprint density at radius 1 is 1.61 bits per heavy atom. The Morgan fingerprint density at radius 2 is 2.39 bits per heavy atom. The van der Waals surface area contributed by atoms with Crippen LogP contribution in [0.25, 0.3) is 0 Å². The molecule has 2 N–H and O–H groups in total. The van der Waals surface area contributed by atoms with Crippen LogP contribution in [0.5, 0.6) is 0 Å². The molecule has 0 aliphatic rings. The number of methoxy groups -OCH3 is 1. The van der Waals surface area contributed by atoms with Crippen molar-refractivity contribution in [2.24, 2.45) is 0 Å². The summed E-state index contributed by atoms with van der Waals surface area (Å²) in [5, 5.41) is 13.7. The van der Waals surface area contributed by atoms with E-state index < -0.39 is 12.1 Å². The predicted molar refractivity (Wildman–Crippen MR) is 71.5 cm³/mol. The number of thioether (sulfide) groups is 1. The number of aliphatic hydroxyl groups is 1. The predicted octanol–water partition coefficient (Wildman–Crippen LogP) is 0.631. The zero-order valence-corrected chi connectivity index (χ0v) is 11.6. The van der Waals surface area contributed by atoms with Gasteiger partial charge in [0.15, 0.2) is 6.10 Å². The standard InChI is InChI=1S/C11H15NO4S2/c1-16-11(15)9(13)5-12-10(14)7-17-6-8-3-2-4-18-8/h2-4,9,13H,5-7H2,1H3,(H,12,14). The van der Waals surface area contributed by atoms with E-state index in [4.69, 9.17) is 0 Å². The van der Waals surface area contributed by atoms with Crippen molar-refractivity contribution in [1.82, 2.24) is 5.32 Å². The maximum Gasteiger partial charge on any atom is 0.336 e. The van der Waals surface area contributed by atoms with Gasteiger partial charge in [-0.05, 0) is 11.4 Å². The van der Waals surface area contributed by atoms with Gasteiger partial charge in [-0.2, -0.15) is 0 Å². The van der Waals surface area contributed by atoms with Gasteiger partial charge < -0.3 is 15.2 Å². The second-order valence-corrected chi connectivity index (χ2v) is 5.43. The average molecular weight is 289 g/mol. The smallest absolute Gasteiger partial charge is 0.336 e. The zero-order valence-electron chi connectivity index (χ0n) is 9.92. The van der Waals surface area contributed by atoms with Gasteiger partial charge >= 0.3 is 5.97 Å². The number of carbonyl (C=O) groups excluding carboxylic acids is 2. The summed E-state index contributed by atoms with van der Waals surface area (Å²) in [5.41, 5.74) is 0. The van der Waals surface area contributed by atoms with Crippen molar-refractivity contribution in [2.75, 3.05) is 19.4 Å². The van der Waals surface area contributed by atoms with Gasteiger partial charge in [-0.25, -0.2) is 4.79 Å². The lowest BCUT2D eigenvalue weighted by Gasteiger charge is -2.09. The summed E-state index contributed by atoms with van der Waals surface area (Å²) >= 11 is 3.13. The number of aliphatic hydroxyl groups excluding tert-OH is 1. The fourth-order valence-corrected chi connectivity index (χ4v) is 2.82. The van der Waals surface area contributed by atoms with Gasteiger partial charge in [0.05, 0.1) is 19.4 Å². The Hall–Kier alpha value is -1.05. The van der Waals surface area contributed by atoms with Crippen LogP contribution in [0.4, 0.5) is 0 Å². The van der Waals surface area contributed by atoms with Gasteiger partial charge in [-0.15, -0.1) is 23.1 Å². The molecule has 1 rings (SSSR count). The van der Waals surface area contributed by atoms with E-state index in [1.165, 1.54) is 23.7 Å². The molecule has 0 fully saturated rings. The molecule has 1 aromatic rings. The van der Waals surface area contributed by atoms with Gasteiger partial charge in [0.1, 0.15) is 0 Å². The molecule has 0 saturated heterocycles. The number of carbonyl (C=O) groups is 2. The molecule has 1 atom stereocenters. The minimum absolute atomic E-state index is 0.120. The Bertz CT molecular complexity index is 380. The quantitative estimate of drug-likeness (QED) is 0.720. The minimum atomic E-state index is -1.30. The first-order chi connectivity index (χ1) is 8.63. The molecule has 18 heavy (non-hydrogen) atoms. The third-order valence-electron chi connectivity index (χ3n) is 2.02. The molecule has 1 aromatic heterocycles. The summed E-state index contributed by atoms with van der Waals surface area (Å²) in [6.07, 6.45) is -1.30. The lowest BCUT2D eigenvalue weighted by molar-refractivity contribution is -0.150. The van der Waals surface area contributed by atoms with Crippen molar-refractivity contribution >= 4 is 35.0 Å². The largest absolute Gasteiger partial charge is 0.467 e. The number of hydrogen-bond acceptors (Lipinski definition) is 6. The Labute approximate surface area is 114 Å². The summed E-state index contributed by atoms with van der Waals surface area (Å²) in [7, 11) is 1.18. The number of esters is 1. The Kier molecular flexibility index (Phi) is 6.77. The topological polar surface area (TPSA) is 75.6 Å². The van der Waals surface area contributed by atoms with Crippen LogP contribution < -0.4 is 5.32 Å². The van der Waals surface area contributed by atoms with Gasteiger partial charge in [0.2, 0.25) is 5.91 Å². The van der Waals surface area contributed by atoms with Crippen LogP contribution in [0.3, 0.4) is 0 Å². The first kappa shape index (κ1) is 15.0. The molecule has 0 bridgehead atoms. The number of rotatable bonds is 7. The summed E-state index contributed by atoms with van der Waals surface area (Å²) in [6.45, 7) is -0.120. The number of nitrogens with one attached hydrogen (secondary N) is 1. The van der Waals surface area contributed by atoms with E-state index in [0.29, 0.717) is 5.75 Å².